The molecule has 1 aliphatic rings. The van der Waals surface area contributed by atoms with Crippen LogP contribution in [-0.2, 0) is 0 Å². The molecule has 2 amide bonds. The number of hydrogen-bond donors (Lipinski definition) is 2. The summed E-state index contributed by atoms with van der Waals surface area (Å²) in [6.45, 7) is 0. The molecule has 0 unspecified atom stereocenters. The van der Waals surface area contributed by atoms with Crippen LogP contribution < -0.4 is 0 Å². The summed E-state index contributed by atoms with van der Waals surface area (Å²) in [7, 11) is 2.97. The Bertz CT molecular complexity index is 243. The van der Waals surface area contributed by atoms with Crippen LogP contribution in [0.3, 0.4) is 0 Å². The predicted octanol–water partition coefficient (Wildman–Crippen LogP) is 1.13. The Hall–Kier alpha value is -1.46. The molecule has 15 heavy (non-hydrogen) atoms. The van der Waals surface area contributed by atoms with E-state index in [1.165, 1.54) is 23.9 Å². The Kier molecular flexibility index (Phi) is 3.39. The summed E-state index contributed by atoms with van der Waals surface area (Å²) in [5.74, 6) is 0. The third-order valence-corrected chi connectivity index (χ3v) is 3.04. The molecule has 0 aliphatic heterocycles. The summed E-state index contributed by atoms with van der Waals surface area (Å²) in [6, 6.07) is -0.438. The van der Waals surface area contributed by atoms with E-state index in [9.17, 15) is 9.59 Å². The SMILES string of the molecule is CN(C(=O)O)[C@H]1CCC[C@@H]1N(C)C(=O)O. The minimum Gasteiger partial charge on any atom is -0.465 e. The average molecular weight is 216 g/mol. The Morgan fingerprint density at radius 2 is 1.33 bits per heavy atom. The summed E-state index contributed by atoms with van der Waals surface area (Å²) in [5.41, 5.74) is 0. The van der Waals surface area contributed by atoms with Gasteiger partial charge in [0.15, 0.2) is 0 Å². The first kappa shape index (κ1) is 11.6. The quantitative estimate of drug-likeness (QED) is 0.725. The van der Waals surface area contributed by atoms with E-state index >= 15 is 0 Å². The van der Waals surface area contributed by atoms with Crippen molar-refractivity contribution in [3.8, 4) is 0 Å². The highest BCUT2D eigenvalue weighted by Crippen LogP contribution is 2.27. The average Bonchev–Trinajstić information content (AvgIpc) is 2.63. The zero-order chi connectivity index (χ0) is 11.6. The molecule has 1 rings (SSSR count). The van der Waals surface area contributed by atoms with Gasteiger partial charge in [-0.05, 0) is 19.3 Å². The molecule has 0 heterocycles. The van der Waals surface area contributed by atoms with E-state index in [0.717, 1.165) is 19.3 Å². The van der Waals surface area contributed by atoms with Gasteiger partial charge in [-0.15, -0.1) is 0 Å². The lowest BCUT2D eigenvalue weighted by Gasteiger charge is -2.32. The molecule has 1 saturated carbocycles. The summed E-state index contributed by atoms with van der Waals surface area (Å²) in [5, 5.41) is 17.7. The Balaban J connectivity index is 2.72. The van der Waals surface area contributed by atoms with Crippen LogP contribution in [0.2, 0.25) is 0 Å². The molecule has 2 atom stereocenters. The first-order chi connectivity index (χ1) is 6.95. The second-order valence-corrected chi connectivity index (χ2v) is 3.85. The van der Waals surface area contributed by atoms with Crippen molar-refractivity contribution in [2.24, 2.45) is 0 Å². The predicted molar refractivity (Wildman–Crippen MR) is 53.0 cm³/mol. The van der Waals surface area contributed by atoms with E-state index in [4.69, 9.17) is 10.2 Å². The van der Waals surface area contributed by atoms with E-state index in [0.29, 0.717) is 0 Å². The number of likely N-dealkylation sites (N-methyl/N-ethyl adjacent to an activating group) is 2. The van der Waals surface area contributed by atoms with Gasteiger partial charge >= 0.3 is 12.2 Å². The van der Waals surface area contributed by atoms with Crippen molar-refractivity contribution in [1.82, 2.24) is 9.80 Å². The van der Waals surface area contributed by atoms with Gasteiger partial charge in [-0.3, -0.25) is 0 Å². The first-order valence-corrected chi connectivity index (χ1v) is 4.86. The smallest absolute Gasteiger partial charge is 0.407 e. The van der Waals surface area contributed by atoms with Crippen molar-refractivity contribution in [2.45, 2.75) is 31.3 Å². The van der Waals surface area contributed by atoms with Crippen LogP contribution in [0.15, 0.2) is 0 Å². The van der Waals surface area contributed by atoms with Crippen molar-refractivity contribution in [3.63, 3.8) is 0 Å². The van der Waals surface area contributed by atoms with E-state index in [2.05, 4.69) is 0 Å². The fourth-order valence-corrected chi connectivity index (χ4v) is 2.11. The van der Waals surface area contributed by atoms with E-state index < -0.39 is 12.2 Å². The maximum atomic E-state index is 10.8. The standard InChI is InChI=1S/C9H16N2O4/c1-10(8(12)13)6-4-3-5-7(6)11(2)9(14)15/h6-7H,3-5H2,1-2H3,(H,12,13)(H,14,15)/t6-,7-/m0/s1. The first-order valence-electron chi connectivity index (χ1n) is 4.86. The maximum Gasteiger partial charge on any atom is 0.407 e. The van der Waals surface area contributed by atoms with Gasteiger partial charge in [0.25, 0.3) is 0 Å². The van der Waals surface area contributed by atoms with Gasteiger partial charge in [0.2, 0.25) is 0 Å². The molecule has 0 bridgehead atoms. The molecule has 0 radical (unpaired) electrons. The largest absolute Gasteiger partial charge is 0.465 e. The van der Waals surface area contributed by atoms with Crippen molar-refractivity contribution in [1.29, 1.82) is 0 Å². The van der Waals surface area contributed by atoms with Crippen LogP contribution in [0.5, 0.6) is 0 Å². The lowest BCUT2D eigenvalue weighted by molar-refractivity contribution is 0.0966. The van der Waals surface area contributed by atoms with Crippen LogP contribution in [0.1, 0.15) is 19.3 Å². The topological polar surface area (TPSA) is 81.1 Å². The molecule has 0 aromatic heterocycles. The molecular formula is C9H16N2O4. The van der Waals surface area contributed by atoms with E-state index in [-0.39, 0.29) is 12.1 Å². The second kappa shape index (κ2) is 4.37. The highest BCUT2D eigenvalue weighted by molar-refractivity contribution is 5.67. The number of nitrogens with zero attached hydrogens (tertiary/aromatic N) is 2. The van der Waals surface area contributed by atoms with Crippen molar-refractivity contribution >= 4 is 12.2 Å². The second-order valence-electron chi connectivity index (χ2n) is 3.85. The summed E-state index contributed by atoms with van der Waals surface area (Å²) in [4.78, 5) is 24.0. The van der Waals surface area contributed by atoms with Crippen LogP contribution in [0, 0.1) is 0 Å². The normalized spacial score (nSPS) is 24.9. The maximum absolute atomic E-state index is 10.8. The van der Waals surface area contributed by atoms with Crippen LogP contribution in [0.25, 0.3) is 0 Å². The monoisotopic (exact) mass is 216 g/mol. The van der Waals surface area contributed by atoms with Gasteiger partial charge in [0.05, 0.1) is 12.1 Å². The van der Waals surface area contributed by atoms with Crippen LogP contribution >= 0.6 is 0 Å². The molecule has 0 aromatic carbocycles. The molecule has 1 fully saturated rings. The van der Waals surface area contributed by atoms with Crippen molar-refractivity contribution < 1.29 is 19.8 Å². The van der Waals surface area contributed by atoms with Crippen molar-refractivity contribution in [2.75, 3.05) is 14.1 Å². The number of rotatable bonds is 2. The molecule has 6 nitrogen and oxygen atoms in total. The zero-order valence-corrected chi connectivity index (χ0v) is 8.88. The van der Waals surface area contributed by atoms with Crippen LogP contribution in [0.4, 0.5) is 9.59 Å². The lowest BCUT2D eigenvalue weighted by atomic mass is 10.1. The third-order valence-electron chi connectivity index (χ3n) is 3.04. The third kappa shape index (κ3) is 2.31. The Labute approximate surface area is 88.1 Å². The van der Waals surface area contributed by atoms with Crippen LogP contribution in [-0.4, -0.2) is 58.4 Å². The van der Waals surface area contributed by atoms with Gasteiger partial charge in [0.1, 0.15) is 0 Å². The number of hydrogen-bond acceptors (Lipinski definition) is 2. The van der Waals surface area contributed by atoms with E-state index in [1.54, 1.807) is 0 Å². The molecule has 1 aliphatic carbocycles. The highest BCUT2D eigenvalue weighted by Gasteiger charge is 2.36. The van der Waals surface area contributed by atoms with Gasteiger partial charge in [-0.2, -0.15) is 0 Å². The summed E-state index contributed by atoms with van der Waals surface area (Å²) < 4.78 is 0. The molecule has 0 aromatic rings. The summed E-state index contributed by atoms with van der Waals surface area (Å²) >= 11 is 0. The lowest BCUT2D eigenvalue weighted by Crippen LogP contribution is -2.49. The number of carboxylic acid groups (broad SMARTS) is 2. The van der Waals surface area contributed by atoms with Gasteiger partial charge < -0.3 is 20.0 Å². The van der Waals surface area contributed by atoms with Gasteiger partial charge in [-0.1, -0.05) is 0 Å². The Morgan fingerprint density at radius 1 is 1.00 bits per heavy atom. The minimum atomic E-state index is -1.01. The molecule has 0 saturated heterocycles. The highest BCUT2D eigenvalue weighted by atomic mass is 16.4. The molecule has 6 heteroatoms. The van der Waals surface area contributed by atoms with Gasteiger partial charge in [0, 0.05) is 14.1 Å². The molecule has 86 valence electrons. The van der Waals surface area contributed by atoms with Crippen molar-refractivity contribution in [3.05, 3.63) is 0 Å². The number of carbonyl (C=O) groups is 2. The number of amides is 2. The fraction of sp³-hybridized carbons (Fsp3) is 0.778. The minimum absolute atomic E-state index is 0.219. The molecule has 0 spiro atoms. The molecule has 2 N–H and O–H groups in total. The summed E-state index contributed by atoms with van der Waals surface area (Å²) in [6.07, 6.45) is 0.303. The molecular weight excluding hydrogens is 200 g/mol. The van der Waals surface area contributed by atoms with Gasteiger partial charge in [-0.25, -0.2) is 9.59 Å². The fourth-order valence-electron chi connectivity index (χ4n) is 2.11. The Morgan fingerprint density at radius 3 is 1.60 bits per heavy atom. The zero-order valence-electron chi connectivity index (χ0n) is 8.88. The van der Waals surface area contributed by atoms with E-state index in [1.807, 2.05) is 0 Å².